The van der Waals surface area contributed by atoms with E-state index in [4.69, 9.17) is 9.47 Å². The third-order valence-corrected chi connectivity index (χ3v) is 15.5. The van der Waals surface area contributed by atoms with E-state index in [1.54, 1.807) is 0 Å². The van der Waals surface area contributed by atoms with Gasteiger partial charge in [-0.2, -0.15) is 0 Å². The largest absolute Gasteiger partial charge is 0.432 e. The first-order valence-corrected chi connectivity index (χ1v) is 17.5. The molecule has 6 rings (SSSR count). The van der Waals surface area contributed by atoms with E-state index in [9.17, 15) is 40.5 Å². The number of ether oxygens (including phenoxy) is 2. The summed E-state index contributed by atoms with van der Waals surface area (Å²) in [5, 5.41) is 75.6. The number of carbonyl (C=O) groups is 1. The molecule has 0 radical (unpaired) electrons. The topological polar surface area (TPSA) is 177 Å². The van der Waals surface area contributed by atoms with Crippen molar-refractivity contribution in [1.82, 2.24) is 0 Å². The van der Waals surface area contributed by atoms with E-state index < -0.39 is 77.8 Å². The van der Waals surface area contributed by atoms with Crippen molar-refractivity contribution in [1.29, 1.82) is 0 Å². The highest BCUT2D eigenvalue weighted by atomic mass is 16.7. The van der Waals surface area contributed by atoms with Crippen LogP contribution in [0.2, 0.25) is 0 Å². The average molecular weight is 651 g/mol. The summed E-state index contributed by atoms with van der Waals surface area (Å²) in [6, 6.07) is 0. The molecule has 5 fully saturated rings. The van der Waals surface area contributed by atoms with Crippen LogP contribution in [0.15, 0.2) is 11.6 Å². The van der Waals surface area contributed by atoms with E-state index in [2.05, 4.69) is 40.7 Å². The van der Waals surface area contributed by atoms with Crippen LogP contribution in [-0.2, 0) is 14.3 Å². The van der Waals surface area contributed by atoms with Gasteiger partial charge in [-0.3, -0.25) is 4.79 Å². The van der Waals surface area contributed by atoms with Crippen LogP contribution < -0.4 is 0 Å². The number of fused-ring (bicyclic) bond motifs is 7. The Kier molecular flexibility index (Phi) is 8.27. The second-order valence-electron chi connectivity index (χ2n) is 17.7. The molecule has 1 saturated heterocycles. The van der Waals surface area contributed by atoms with Gasteiger partial charge in [0.1, 0.15) is 24.4 Å². The molecule has 7 N–H and O–H groups in total. The highest BCUT2D eigenvalue weighted by molar-refractivity contribution is 5.79. The van der Waals surface area contributed by atoms with Gasteiger partial charge >= 0.3 is 5.97 Å². The maximum Gasteiger partial charge on any atom is 0.315 e. The van der Waals surface area contributed by atoms with Crippen molar-refractivity contribution in [2.24, 2.45) is 50.7 Å². The molecule has 1 heterocycles. The predicted octanol–water partition coefficient (Wildman–Crippen LogP) is 2.43. The standard InChI is InChI=1S/C36H58O10/c1-18-10-13-36(30(43)46-29-26(41)25(40)24(39)21(17-37)45-29)15-14-33(5)19(27(36)35(18,7)44)8-9-23-32(4)16-20(38)28(42)31(2,3)22(32)11-12-34(23,33)6/h8,18,20-29,37-42,44H,9-17H2,1-7H3/t18-,20-,21-,22+,23-,24-,25+,26-,27-,28-,29+,32+,33-,34-,35-,36+/m0/s1. The Bertz CT molecular complexity index is 1250. The van der Waals surface area contributed by atoms with Crippen LogP contribution >= 0.6 is 0 Å². The molecular weight excluding hydrogens is 592 g/mol. The van der Waals surface area contributed by atoms with E-state index in [1.165, 1.54) is 0 Å². The molecule has 46 heavy (non-hydrogen) atoms. The number of carbonyl (C=O) groups excluding carboxylic acids is 1. The van der Waals surface area contributed by atoms with E-state index in [0.717, 1.165) is 24.8 Å². The second-order valence-corrected chi connectivity index (χ2v) is 17.7. The number of allylic oxidation sites excluding steroid dienone is 1. The number of hydrogen-bond acceptors (Lipinski definition) is 10. The van der Waals surface area contributed by atoms with Crippen LogP contribution in [-0.4, -0.2) is 96.8 Å². The first-order valence-electron chi connectivity index (χ1n) is 17.5. The van der Waals surface area contributed by atoms with Gasteiger partial charge in [0.15, 0.2) is 0 Å². The van der Waals surface area contributed by atoms with Gasteiger partial charge in [-0.15, -0.1) is 0 Å². The summed E-state index contributed by atoms with van der Waals surface area (Å²) in [6.07, 6.45) is -1.65. The molecule has 0 amide bonds. The van der Waals surface area contributed by atoms with E-state index in [0.29, 0.717) is 32.1 Å². The van der Waals surface area contributed by atoms with Gasteiger partial charge in [-0.05, 0) is 97.7 Å². The quantitative estimate of drug-likeness (QED) is 0.177. The molecule has 10 nitrogen and oxygen atoms in total. The van der Waals surface area contributed by atoms with E-state index in [1.807, 2.05) is 13.8 Å². The van der Waals surface area contributed by atoms with Gasteiger partial charge in [0.25, 0.3) is 0 Å². The summed E-state index contributed by atoms with van der Waals surface area (Å²) >= 11 is 0. The first kappa shape index (κ1) is 34.7. The second kappa shape index (κ2) is 10.9. The zero-order valence-corrected chi connectivity index (χ0v) is 28.6. The summed E-state index contributed by atoms with van der Waals surface area (Å²) in [6.45, 7) is 14.4. The summed E-state index contributed by atoms with van der Waals surface area (Å²) in [4.78, 5) is 14.5. The summed E-state index contributed by atoms with van der Waals surface area (Å²) < 4.78 is 11.5. The number of aliphatic hydroxyl groups is 7. The molecule has 5 aliphatic carbocycles. The number of hydrogen-bond donors (Lipinski definition) is 7. The van der Waals surface area contributed by atoms with Gasteiger partial charge in [-0.25, -0.2) is 0 Å². The molecule has 0 aromatic heterocycles. The monoisotopic (exact) mass is 650 g/mol. The van der Waals surface area contributed by atoms with Crippen LogP contribution in [0.5, 0.6) is 0 Å². The molecule has 262 valence electrons. The lowest BCUT2D eigenvalue weighted by atomic mass is 9.33. The lowest BCUT2D eigenvalue weighted by Gasteiger charge is -2.72. The smallest absolute Gasteiger partial charge is 0.315 e. The van der Waals surface area contributed by atoms with Crippen molar-refractivity contribution in [3.8, 4) is 0 Å². The summed E-state index contributed by atoms with van der Waals surface area (Å²) in [5.41, 5.74) is -2.44. The number of aliphatic hydroxyl groups excluding tert-OH is 6. The number of esters is 1. The van der Waals surface area contributed by atoms with Crippen LogP contribution in [0.1, 0.15) is 99.8 Å². The molecule has 1 aliphatic heterocycles. The highest BCUT2D eigenvalue weighted by Crippen LogP contribution is 2.76. The van der Waals surface area contributed by atoms with Crippen molar-refractivity contribution < 1.29 is 50.0 Å². The minimum Gasteiger partial charge on any atom is -0.432 e. The fourth-order valence-electron chi connectivity index (χ4n) is 12.4. The van der Waals surface area contributed by atoms with Crippen LogP contribution in [0.4, 0.5) is 0 Å². The maximum atomic E-state index is 14.5. The Morgan fingerprint density at radius 2 is 1.59 bits per heavy atom. The van der Waals surface area contributed by atoms with E-state index in [-0.39, 0.29) is 34.0 Å². The van der Waals surface area contributed by atoms with Crippen molar-refractivity contribution in [2.45, 2.75) is 148 Å². The molecular formula is C36H58O10. The van der Waals surface area contributed by atoms with Crippen molar-refractivity contribution in [2.75, 3.05) is 6.61 Å². The van der Waals surface area contributed by atoms with Gasteiger partial charge in [0.05, 0.1) is 29.8 Å². The Morgan fingerprint density at radius 1 is 0.913 bits per heavy atom. The normalized spacial score (nSPS) is 56.4. The molecule has 6 aliphatic rings. The summed E-state index contributed by atoms with van der Waals surface area (Å²) in [7, 11) is 0. The lowest BCUT2D eigenvalue weighted by Crippen LogP contribution is -2.69. The fourth-order valence-corrected chi connectivity index (χ4v) is 12.4. The lowest BCUT2D eigenvalue weighted by molar-refractivity contribution is -0.299. The Labute approximate surface area is 273 Å². The third-order valence-electron chi connectivity index (χ3n) is 15.5. The number of rotatable bonds is 3. The minimum absolute atomic E-state index is 0.0940. The van der Waals surface area contributed by atoms with Crippen LogP contribution in [0.25, 0.3) is 0 Å². The Morgan fingerprint density at radius 3 is 2.24 bits per heavy atom. The predicted molar refractivity (Wildman–Crippen MR) is 168 cm³/mol. The first-order chi connectivity index (χ1) is 21.2. The SMILES string of the molecule is C[C@H]1CC[C@@]2(C(=O)O[C@H]3O[C@@H](CO)[C@H](O)[C@@H](O)[C@@H]3O)CC[C@@]3(C)C(=CC[C@H]4[C@]5(C)C[C@H](O)[C@H](O)C(C)(C)[C@H]5CC[C@@]43C)[C@H]2[C@@]1(C)O. The van der Waals surface area contributed by atoms with Crippen molar-refractivity contribution in [3.05, 3.63) is 11.6 Å². The average Bonchev–Trinajstić information content (AvgIpc) is 2.98. The van der Waals surface area contributed by atoms with Gasteiger partial charge in [0.2, 0.25) is 6.29 Å². The molecule has 0 unspecified atom stereocenters. The molecule has 0 aromatic carbocycles. The van der Waals surface area contributed by atoms with Crippen LogP contribution in [0.3, 0.4) is 0 Å². The molecule has 16 atom stereocenters. The van der Waals surface area contributed by atoms with E-state index >= 15 is 0 Å². The van der Waals surface area contributed by atoms with Gasteiger partial charge < -0.3 is 45.2 Å². The Balaban J connectivity index is 1.39. The van der Waals surface area contributed by atoms with Crippen molar-refractivity contribution >= 4 is 5.97 Å². The molecule has 10 heteroatoms. The van der Waals surface area contributed by atoms with Crippen molar-refractivity contribution in [3.63, 3.8) is 0 Å². The van der Waals surface area contributed by atoms with Gasteiger partial charge in [-0.1, -0.05) is 53.2 Å². The van der Waals surface area contributed by atoms with Crippen LogP contribution in [0, 0.1) is 50.7 Å². The fraction of sp³-hybridized carbons (Fsp3) is 0.917. The molecule has 0 spiro atoms. The third kappa shape index (κ3) is 4.39. The van der Waals surface area contributed by atoms with Gasteiger partial charge in [0, 0.05) is 5.92 Å². The molecule has 0 bridgehead atoms. The maximum absolute atomic E-state index is 14.5. The zero-order valence-electron chi connectivity index (χ0n) is 28.6. The minimum atomic E-state index is -1.70. The Hall–Kier alpha value is -1.11. The highest BCUT2D eigenvalue weighted by Gasteiger charge is 2.72. The summed E-state index contributed by atoms with van der Waals surface area (Å²) in [5.74, 6) is -0.787. The molecule has 4 saturated carbocycles. The zero-order chi connectivity index (χ0) is 34.0. The molecule has 0 aromatic rings.